The molecule has 150 valence electrons. The van der Waals surface area contributed by atoms with Crippen LogP contribution in [0.2, 0.25) is 0 Å². The molecule has 1 aromatic rings. The smallest absolute Gasteiger partial charge is 0.348 e. The fourth-order valence-electron chi connectivity index (χ4n) is 3.32. The van der Waals surface area contributed by atoms with E-state index in [0.29, 0.717) is 11.6 Å². The summed E-state index contributed by atoms with van der Waals surface area (Å²) in [5.41, 5.74) is 0.357. The highest BCUT2D eigenvalue weighted by molar-refractivity contribution is 7.14. The van der Waals surface area contributed by atoms with E-state index in [9.17, 15) is 19.5 Å². The highest BCUT2D eigenvalue weighted by atomic mass is 32.1. The van der Waals surface area contributed by atoms with Gasteiger partial charge in [0.1, 0.15) is 11.4 Å². The van der Waals surface area contributed by atoms with Crippen LogP contribution < -0.4 is 4.90 Å². The molecule has 0 unspecified atom stereocenters. The summed E-state index contributed by atoms with van der Waals surface area (Å²) in [7, 11) is 3.27. The van der Waals surface area contributed by atoms with Gasteiger partial charge in [0.2, 0.25) is 11.8 Å². The van der Waals surface area contributed by atoms with Crippen LogP contribution in [0.3, 0.4) is 0 Å². The summed E-state index contributed by atoms with van der Waals surface area (Å²) >= 11 is 1.19. The van der Waals surface area contributed by atoms with Gasteiger partial charge in [-0.2, -0.15) is 0 Å². The molecule has 2 amide bonds. The Morgan fingerprint density at radius 3 is 2.26 bits per heavy atom. The molecule has 0 aliphatic heterocycles. The molecule has 0 radical (unpaired) electrons. The van der Waals surface area contributed by atoms with E-state index in [1.165, 1.54) is 21.1 Å². The normalized spacial score (nSPS) is 19.8. The summed E-state index contributed by atoms with van der Waals surface area (Å²) in [5.74, 6) is -0.809. The van der Waals surface area contributed by atoms with E-state index >= 15 is 0 Å². The third-order valence-electron chi connectivity index (χ3n) is 5.21. The molecule has 0 bridgehead atoms. The number of carboxylic acid groups (broad SMARTS) is 1. The van der Waals surface area contributed by atoms with Crippen LogP contribution in [0.15, 0.2) is 6.07 Å². The minimum absolute atomic E-state index is 0.128. The van der Waals surface area contributed by atoms with Crippen LogP contribution in [0.5, 0.6) is 0 Å². The molecule has 1 heterocycles. The molecule has 2 rings (SSSR count). The van der Waals surface area contributed by atoms with Crippen LogP contribution >= 0.6 is 11.3 Å². The average Bonchev–Trinajstić information content (AvgIpc) is 3.05. The maximum atomic E-state index is 13.3. The van der Waals surface area contributed by atoms with Gasteiger partial charge in [0, 0.05) is 24.9 Å². The first-order chi connectivity index (χ1) is 12.6. The zero-order valence-electron chi connectivity index (χ0n) is 16.8. The Morgan fingerprint density at radius 2 is 1.78 bits per heavy atom. The van der Waals surface area contributed by atoms with Crippen molar-refractivity contribution in [2.45, 2.75) is 52.4 Å². The van der Waals surface area contributed by atoms with Crippen LogP contribution in [-0.2, 0) is 9.59 Å². The van der Waals surface area contributed by atoms with Crippen molar-refractivity contribution in [2.24, 2.45) is 11.8 Å². The third-order valence-corrected chi connectivity index (χ3v) is 6.62. The predicted octanol–water partition coefficient (Wildman–Crippen LogP) is 3.82. The van der Waals surface area contributed by atoms with E-state index in [1.54, 1.807) is 20.2 Å². The van der Waals surface area contributed by atoms with Gasteiger partial charge >= 0.3 is 5.97 Å². The highest BCUT2D eigenvalue weighted by Crippen LogP contribution is 2.37. The van der Waals surface area contributed by atoms with E-state index in [0.717, 1.165) is 30.6 Å². The number of thiophene rings is 1. The molecule has 27 heavy (non-hydrogen) atoms. The van der Waals surface area contributed by atoms with E-state index in [-0.39, 0.29) is 35.1 Å². The predicted molar refractivity (Wildman–Crippen MR) is 108 cm³/mol. The fraction of sp³-hybridized carbons (Fsp3) is 0.650. The monoisotopic (exact) mass is 394 g/mol. The van der Waals surface area contributed by atoms with Crippen LogP contribution in [0.25, 0.3) is 0 Å². The van der Waals surface area contributed by atoms with E-state index < -0.39 is 5.97 Å². The fourth-order valence-corrected chi connectivity index (χ4v) is 4.33. The molecule has 1 saturated carbocycles. The lowest BCUT2D eigenvalue weighted by atomic mass is 9.82. The number of carbonyl (C=O) groups is 3. The molecule has 1 aliphatic carbocycles. The highest BCUT2D eigenvalue weighted by Gasteiger charge is 2.33. The van der Waals surface area contributed by atoms with Crippen molar-refractivity contribution in [1.82, 2.24) is 4.90 Å². The number of anilines is 1. The molecule has 0 saturated heterocycles. The summed E-state index contributed by atoms with van der Waals surface area (Å²) in [4.78, 5) is 41.3. The first-order valence-electron chi connectivity index (χ1n) is 9.50. The van der Waals surface area contributed by atoms with Gasteiger partial charge in [0.25, 0.3) is 0 Å². The second-order valence-electron chi connectivity index (χ2n) is 7.99. The summed E-state index contributed by atoms with van der Waals surface area (Å²) in [6.07, 6.45) is 3.55. The van der Waals surface area contributed by atoms with E-state index in [2.05, 4.69) is 6.92 Å². The van der Waals surface area contributed by atoms with Crippen molar-refractivity contribution >= 4 is 34.8 Å². The van der Waals surface area contributed by atoms with Gasteiger partial charge in [-0.3, -0.25) is 9.59 Å². The molecular weight excluding hydrogens is 364 g/mol. The molecule has 1 fully saturated rings. The number of hydrogen-bond donors (Lipinski definition) is 1. The summed E-state index contributed by atoms with van der Waals surface area (Å²) in [6, 6.07) is 1.77. The molecule has 7 heteroatoms. The minimum atomic E-state index is -1.06. The maximum Gasteiger partial charge on any atom is 0.348 e. The molecule has 0 spiro atoms. The maximum absolute atomic E-state index is 13.3. The molecular formula is C20H30N2O4S. The van der Waals surface area contributed by atoms with Crippen molar-refractivity contribution in [2.75, 3.05) is 25.5 Å². The van der Waals surface area contributed by atoms with Crippen molar-refractivity contribution in [3.8, 4) is 0 Å². The quantitative estimate of drug-likeness (QED) is 0.796. The number of nitrogens with zero attached hydrogens (tertiary/aromatic N) is 2. The minimum Gasteiger partial charge on any atom is -0.477 e. The SMILES string of the molecule is CC1CCC(C(=O)N(CC(=O)N(C)C)c2cc(C(C)C)sc2C(=O)O)CC1. The van der Waals surface area contributed by atoms with Crippen LogP contribution in [-0.4, -0.2) is 48.4 Å². The molecule has 1 aromatic heterocycles. The summed E-state index contributed by atoms with van der Waals surface area (Å²) in [5, 5.41) is 9.66. The standard InChI is InChI=1S/C20H30N2O4S/c1-12(2)16-10-15(18(27-16)20(25)26)22(11-17(23)21(4)5)19(24)14-8-6-13(3)7-9-14/h10,12-14H,6-9,11H2,1-5H3,(H,25,26). The number of amides is 2. The molecule has 1 N–H and O–H groups in total. The van der Waals surface area contributed by atoms with Crippen LogP contribution in [0.1, 0.15) is 66.9 Å². The molecule has 0 aromatic carbocycles. The van der Waals surface area contributed by atoms with E-state index in [4.69, 9.17) is 0 Å². The third kappa shape index (κ3) is 5.09. The Bertz CT molecular complexity index is 703. The van der Waals surface area contributed by atoms with E-state index in [1.807, 2.05) is 13.8 Å². The topological polar surface area (TPSA) is 77.9 Å². The molecule has 6 nitrogen and oxygen atoms in total. The van der Waals surface area contributed by atoms with Crippen molar-refractivity contribution < 1.29 is 19.5 Å². The Morgan fingerprint density at radius 1 is 1.19 bits per heavy atom. The first-order valence-corrected chi connectivity index (χ1v) is 10.3. The Labute approximate surface area is 165 Å². The molecule has 0 atom stereocenters. The molecule has 1 aliphatic rings. The van der Waals surface area contributed by atoms with Crippen molar-refractivity contribution in [3.05, 3.63) is 15.8 Å². The number of carbonyl (C=O) groups excluding carboxylic acids is 2. The zero-order valence-corrected chi connectivity index (χ0v) is 17.6. The number of likely N-dealkylation sites (N-methyl/N-ethyl adjacent to an activating group) is 1. The van der Waals surface area contributed by atoms with Gasteiger partial charge in [-0.25, -0.2) is 4.79 Å². The zero-order chi connectivity index (χ0) is 20.3. The van der Waals surface area contributed by atoms with Gasteiger partial charge < -0.3 is 14.9 Å². The van der Waals surface area contributed by atoms with Gasteiger partial charge in [0.15, 0.2) is 0 Å². The summed E-state index contributed by atoms with van der Waals surface area (Å²) in [6.45, 7) is 6.03. The van der Waals surface area contributed by atoms with Crippen LogP contribution in [0.4, 0.5) is 5.69 Å². The Kier molecular flexibility index (Phi) is 7.03. The second kappa shape index (κ2) is 8.87. The number of aromatic carboxylic acids is 1. The second-order valence-corrected chi connectivity index (χ2v) is 9.08. The van der Waals surface area contributed by atoms with Crippen LogP contribution in [0, 0.1) is 11.8 Å². The van der Waals surface area contributed by atoms with Gasteiger partial charge in [-0.15, -0.1) is 11.3 Å². The first kappa shape index (κ1) is 21.4. The average molecular weight is 395 g/mol. The van der Waals surface area contributed by atoms with Gasteiger partial charge in [0.05, 0.1) is 5.69 Å². The number of hydrogen-bond acceptors (Lipinski definition) is 4. The lowest BCUT2D eigenvalue weighted by Gasteiger charge is -2.31. The number of carboxylic acids is 1. The van der Waals surface area contributed by atoms with Crippen molar-refractivity contribution in [3.63, 3.8) is 0 Å². The van der Waals surface area contributed by atoms with Gasteiger partial charge in [-0.1, -0.05) is 20.8 Å². The van der Waals surface area contributed by atoms with Gasteiger partial charge in [-0.05, 0) is 43.6 Å². The largest absolute Gasteiger partial charge is 0.477 e. The Balaban J connectivity index is 2.42. The summed E-state index contributed by atoms with van der Waals surface area (Å²) < 4.78 is 0. The lowest BCUT2D eigenvalue weighted by molar-refractivity contribution is -0.130. The van der Waals surface area contributed by atoms with Crippen molar-refractivity contribution in [1.29, 1.82) is 0 Å². The number of rotatable bonds is 6. The lowest BCUT2D eigenvalue weighted by Crippen LogP contribution is -2.44. The Hall–Kier alpha value is -1.89.